The van der Waals surface area contributed by atoms with Gasteiger partial charge in [0.15, 0.2) is 5.65 Å². The number of rotatable bonds is 4. The van der Waals surface area contributed by atoms with Crippen LogP contribution >= 0.6 is 0 Å². The van der Waals surface area contributed by atoms with E-state index in [9.17, 15) is 9.59 Å². The van der Waals surface area contributed by atoms with Crippen molar-refractivity contribution >= 4 is 28.5 Å². The number of nitrogens with zero attached hydrogens (tertiary/aromatic N) is 3. The summed E-state index contributed by atoms with van der Waals surface area (Å²) < 4.78 is 1.68. The van der Waals surface area contributed by atoms with Gasteiger partial charge in [0, 0.05) is 30.0 Å². The van der Waals surface area contributed by atoms with Crippen LogP contribution in [0.15, 0.2) is 30.3 Å². The second-order valence-corrected chi connectivity index (χ2v) is 7.00. The van der Waals surface area contributed by atoms with Gasteiger partial charge >= 0.3 is 0 Å². The van der Waals surface area contributed by atoms with E-state index in [2.05, 4.69) is 20.7 Å². The summed E-state index contributed by atoms with van der Waals surface area (Å²) in [6, 6.07) is 9.02. The summed E-state index contributed by atoms with van der Waals surface area (Å²) in [5.41, 5.74) is 3.81. The number of carbonyl (C=O) groups excluding carboxylic acids is 2. The van der Waals surface area contributed by atoms with Crippen molar-refractivity contribution in [3.8, 4) is 0 Å². The molecule has 1 aromatic carbocycles. The molecule has 0 saturated heterocycles. The van der Waals surface area contributed by atoms with E-state index in [-0.39, 0.29) is 17.9 Å². The SMILES string of the molecule is Cc1cc(C(=O)Nc2cccc(C(=O)NC3CC3)c2)c2c(C)nn(C)c2n1. The van der Waals surface area contributed by atoms with Gasteiger partial charge in [0.25, 0.3) is 11.8 Å². The molecule has 3 aromatic rings. The van der Waals surface area contributed by atoms with Crippen LogP contribution in [-0.2, 0) is 7.05 Å². The molecule has 7 heteroatoms. The Morgan fingerprint density at radius 2 is 1.93 bits per heavy atom. The molecule has 0 atom stereocenters. The second kappa shape index (κ2) is 6.50. The van der Waals surface area contributed by atoms with E-state index in [1.807, 2.05) is 20.9 Å². The van der Waals surface area contributed by atoms with Gasteiger partial charge in [0.2, 0.25) is 0 Å². The second-order valence-electron chi connectivity index (χ2n) is 7.00. The van der Waals surface area contributed by atoms with Crippen molar-refractivity contribution in [3.05, 3.63) is 52.8 Å². The normalized spacial score (nSPS) is 13.6. The number of pyridine rings is 1. The number of fused-ring (bicyclic) bond motifs is 1. The highest BCUT2D eigenvalue weighted by Gasteiger charge is 2.24. The van der Waals surface area contributed by atoms with E-state index in [0.29, 0.717) is 22.5 Å². The van der Waals surface area contributed by atoms with Crippen molar-refractivity contribution in [2.24, 2.45) is 7.05 Å². The lowest BCUT2D eigenvalue weighted by atomic mass is 10.1. The Balaban J connectivity index is 1.63. The highest BCUT2D eigenvalue weighted by Crippen LogP contribution is 2.23. The van der Waals surface area contributed by atoms with Crippen LogP contribution in [-0.4, -0.2) is 32.6 Å². The highest BCUT2D eigenvalue weighted by atomic mass is 16.2. The van der Waals surface area contributed by atoms with E-state index in [4.69, 9.17) is 0 Å². The predicted octanol–water partition coefficient (Wildman–Crippen LogP) is 2.73. The van der Waals surface area contributed by atoms with Gasteiger partial charge in [-0.3, -0.25) is 14.3 Å². The zero-order valence-corrected chi connectivity index (χ0v) is 15.5. The molecule has 2 N–H and O–H groups in total. The van der Waals surface area contributed by atoms with E-state index < -0.39 is 0 Å². The minimum Gasteiger partial charge on any atom is -0.349 e. The first-order valence-corrected chi connectivity index (χ1v) is 8.95. The average Bonchev–Trinajstić information content (AvgIpc) is 3.39. The Labute approximate surface area is 156 Å². The number of amides is 2. The standard InChI is InChI=1S/C20H21N5O2/c1-11-9-16(17-12(2)24-25(3)18(17)21-11)20(27)23-15-6-4-5-13(10-15)19(26)22-14-7-8-14/h4-6,9-10,14H,7-8H2,1-3H3,(H,22,26)(H,23,27). The number of carbonyl (C=O) groups is 2. The summed E-state index contributed by atoms with van der Waals surface area (Å²) in [6.45, 7) is 3.71. The fourth-order valence-electron chi connectivity index (χ4n) is 3.18. The van der Waals surface area contributed by atoms with Gasteiger partial charge < -0.3 is 10.6 Å². The quantitative estimate of drug-likeness (QED) is 0.746. The number of hydrogen-bond donors (Lipinski definition) is 2. The van der Waals surface area contributed by atoms with Crippen molar-refractivity contribution < 1.29 is 9.59 Å². The molecule has 0 bridgehead atoms. The Bertz CT molecular complexity index is 1070. The Hall–Kier alpha value is -3.22. The van der Waals surface area contributed by atoms with Crippen LogP contribution in [0.25, 0.3) is 11.0 Å². The van der Waals surface area contributed by atoms with Crippen molar-refractivity contribution in [2.45, 2.75) is 32.7 Å². The van der Waals surface area contributed by atoms with Crippen LogP contribution in [0.2, 0.25) is 0 Å². The molecule has 0 aliphatic heterocycles. The zero-order valence-electron chi connectivity index (χ0n) is 15.5. The first-order chi connectivity index (χ1) is 12.9. The first kappa shape index (κ1) is 17.2. The molecular formula is C20H21N5O2. The number of nitrogens with one attached hydrogen (secondary N) is 2. The van der Waals surface area contributed by atoms with Crippen LogP contribution in [0.3, 0.4) is 0 Å². The van der Waals surface area contributed by atoms with Gasteiger partial charge in [-0.05, 0) is 51.0 Å². The van der Waals surface area contributed by atoms with E-state index in [1.165, 1.54) is 0 Å². The summed E-state index contributed by atoms with van der Waals surface area (Å²) in [6.07, 6.45) is 2.06. The number of anilines is 1. The molecular weight excluding hydrogens is 342 g/mol. The Morgan fingerprint density at radius 3 is 2.67 bits per heavy atom. The maximum atomic E-state index is 12.9. The molecule has 1 saturated carbocycles. The fraction of sp³-hybridized carbons (Fsp3) is 0.300. The fourth-order valence-corrected chi connectivity index (χ4v) is 3.18. The Kier molecular flexibility index (Phi) is 4.14. The van der Waals surface area contributed by atoms with Gasteiger partial charge in [-0.15, -0.1) is 0 Å². The smallest absolute Gasteiger partial charge is 0.256 e. The van der Waals surface area contributed by atoms with Gasteiger partial charge in [0.05, 0.1) is 16.6 Å². The molecule has 2 amide bonds. The van der Waals surface area contributed by atoms with Gasteiger partial charge in [-0.25, -0.2) is 4.98 Å². The summed E-state index contributed by atoms with van der Waals surface area (Å²) in [5, 5.41) is 11.0. The lowest BCUT2D eigenvalue weighted by Crippen LogP contribution is -2.25. The minimum absolute atomic E-state index is 0.112. The molecule has 7 nitrogen and oxygen atoms in total. The van der Waals surface area contributed by atoms with E-state index in [1.54, 1.807) is 35.0 Å². The van der Waals surface area contributed by atoms with Crippen LogP contribution in [0.4, 0.5) is 5.69 Å². The molecule has 2 aromatic heterocycles. The number of aryl methyl sites for hydroxylation is 3. The third-order valence-corrected chi connectivity index (χ3v) is 4.64. The molecule has 1 aliphatic carbocycles. The topological polar surface area (TPSA) is 88.9 Å². The highest BCUT2D eigenvalue weighted by molar-refractivity contribution is 6.13. The molecule has 1 fully saturated rings. The van der Waals surface area contributed by atoms with Crippen LogP contribution < -0.4 is 10.6 Å². The molecule has 4 rings (SSSR count). The maximum Gasteiger partial charge on any atom is 0.256 e. The number of aromatic nitrogens is 3. The molecule has 138 valence electrons. The van der Waals surface area contributed by atoms with Crippen molar-refractivity contribution in [1.29, 1.82) is 0 Å². The third-order valence-electron chi connectivity index (χ3n) is 4.64. The number of benzene rings is 1. The van der Waals surface area contributed by atoms with Gasteiger partial charge in [-0.1, -0.05) is 6.07 Å². The average molecular weight is 363 g/mol. The summed E-state index contributed by atoms with van der Waals surface area (Å²) in [4.78, 5) is 29.6. The predicted molar refractivity (Wildman–Crippen MR) is 103 cm³/mol. The minimum atomic E-state index is -0.249. The maximum absolute atomic E-state index is 12.9. The van der Waals surface area contributed by atoms with E-state index >= 15 is 0 Å². The lowest BCUT2D eigenvalue weighted by Gasteiger charge is -2.09. The van der Waals surface area contributed by atoms with Crippen molar-refractivity contribution in [1.82, 2.24) is 20.1 Å². The molecule has 27 heavy (non-hydrogen) atoms. The van der Waals surface area contributed by atoms with Crippen molar-refractivity contribution in [2.75, 3.05) is 5.32 Å². The summed E-state index contributed by atoms with van der Waals surface area (Å²) >= 11 is 0. The van der Waals surface area contributed by atoms with Gasteiger partial charge in [0.1, 0.15) is 0 Å². The van der Waals surface area contributed by atoms with Gasteiger partial charge in [-0.2, -0.15) is 5.10 Å². The molecule has 2 heterocycles. The van der Waals surface area contributed by atoms with Crippen molar-refractivity contribution in [3.63, 3.8) is 0 Å². The molecule has 0 spiro atoms. The third kappa shape index (κ3) is 3.40. The summed E-state index contributed by atoms with van der Waals surface area (Å²) in [7, 11) is 1.81. The molecule has 0 unspecified atom stereocenters. The lowest BCUT2D eigenvalue weighted by molar-refractivity contribution is 0.0949. The van der Waals surface area contributed by atoms with Crippen LogP contribution in [0.1, 0.15) is 44.9 Å². The number of hydrogen-bond acceptors (Lipinski definition) is 4. The zero-order chi connectivity index (χ0) is 19.1. The summed E-state index contributed by atoms with van der Waals surface area (Å²) in [5.74, 6) is -0.361. The Morgan fingerprint density at radius 1 is 1.15 bits per heavy atom. The monoisotopic (exact) mass is 363 g/mol. The van der Waals surface area contributed by atoms with Crippen LogP contribution in [0, 0.1) is 13.8 Å². The van der Waals surface area contributed by atoms with E-state index in [0.717, 1.165) is 29.6 Å². The molecule has 0 radical (unpaired) electrons. The molecule has 1 aliphatic rings. The largest absolute Gasteiger partial charge is 0.349 e. The first-order valence-electron chi connectivity index (χ1n) is 8.95. The van der Waals surface area contributed by atoms with Crippen LogP contribution in [0.5, 0.6) is 0 Å².